The molecule has 0 atom stereocenters. The van der Waals surface area contributed by atoms with E-state index in [1.54, 1.807) is 0 Å². The molecule has 1 N–H and O–H groups in total. The number of hydrogen-bond acceptors (Lipinski definition) is 3. The molecule has 0 spiro atoms. The fourth-order valence-electron chi connectivity index (χ4n) is 6.95. The van der Waals surface area contributed by atoms with Gasteiger partial charge in [0, 0.05) is 38.8 Å². The molecular weight excluding hydrogens is 597 g/mol. The van der Waals surface area contributed by atoms with E-state index in [1.807, 2.05) is 60.7 Å². The molecular formula is C45H30N4. The van der Waals surface area contributed by atoms with E-state index in [9.17, 15) is 10.5 Å². The Kier molecular flexibility index (Phi) is 7.46. The number of aromatic nitrogens is 1. The molecule has 0 unspecified atom stereocenters. The van der Waals surface area contributed by atoms with Crippen molar-refractivity contribution in [3.8, 4) is 51.2 Å². The van der Waals surface area contributed by atoms with E-state index >= 15 is 0 Å². The van der Waals surface area contributed by atoms with Crippen LogP contribution in [-0.2, 0) is 0 Å². The highest BCUT2D eigenvalue weighted by Crippen LogP contribution is 2.42. The van der Waals surface area contributed by atoms with E-state index in [-0.39, 0.29) is 0 Å². The summed E-state index contributed by atoms with van der Waals surface area (Å²) in [7, 11) is 0. The van der Waals surface area contributed by atoms with Crippen LogP contribution in [0.1, 0.15) is 16.7 Å². The van der Waals surface area contributed by atoms with Gasteiger partial charge in [-0.2, -0.15) is 10.5 Å². The molecule has 1 aromatic heterocycles. The van der Waals surface area contributed by atoms with Crippen LogP contribution >= 0.6 is 0 Å². The third-order valence-electron chi connectivity index (χ3n) is 9.24. The molecule has 49 heavy (non-hydrogen) atoms. The predicted molar refractivity (Wildman–Crippen MR) is 201 cm³/mol. The van der Waals surface area contributed by atoms with Crippen LogP contribution in [0.5, 0.6) is 0 Å². The number of nitrogens with one attached hydrogen (secondary N) is 1. The molecule has 4 nitrogen and oxygen atoms in total. The average molecular weight is 627 g/mol. The minimum atomic E-state index is 0.595. The fraction of sp³-hybridized carbons (Fsp3) is 0.0222. The van der Waals surface area contributed by atoms with Crippen LogP contribution in [0.2, 0.25) is 0 Å². The van der Waals surface area contributed by atoms with Gasteiger partial charge in [-0.1, -0.05) is 109 Å². The lowest BCUT2D eigenvalue weighted by molar-refractivity contribution is 1.18. The van der Waals surface area contributed by atoms with Gasteiger partial charge >= 0.3 is 0 Å². The van der Waals surface area contributed by atoms with Crippen molar-refractivity contribution in [1.82, 2.24) is 4.57 Å². The van der Waals surface area contributed by atoms with Gasteiger partial charge in [0.1, 0.15) is 0 Å². The van der Waals surface area contributed by atoms with Crippen LogP contribution < -0.4 is 5.32 Å². The average Bonchev–Trinajstić information content (AvgIpc) is 3.48. The van der Waals surface area contributed by atoms with Crippen LogP contribution in [0.3, 0.4) is 0 Å². The SMILES string of the molecule is Cc1ccccc1-c1ccccc1Nc1ccc(-c2cccc(C#N)c2-c2ccccc2-n2c3ccccc3c3ccc(C#N)cc32)cc1. The number of aryl methyl sites for hydroxylation is 1. The molecule has 0 radical (unpaired) electrons. The minimum Gasteiger partial charge on any atom is -0.355 e. The van der Waals surface area contributed by atoms with Gasteiger partial charge in [-0.25, -0.2) is 0 Å². The number of benzene rings is 7. The first-order valence-electron chi connectivity index (χ1n) is 16.2. The molecule has 230 valence electrons. The molecule has 0 aliphatic heterocycles. The third-order valence-corrected chi connectivity index (χ3v) is 9.24. The summed E-state index contributed by atoms with van der Waals surface area (Å²) in [6.07, 6.45) is 0. The van der Waals surface area contributed by atoms with Gasteiger partial charge in [0.2, 0.25) is 0 Å². The summed E-state index contributed by atoms with van der Waals surface area (Å²) in [5.41, 5.74) is 13.5. The van der Waals surface area contributed by atoms with Crippen LogP contribution in [-0.4, -0.2) is 4.57 Å². The van der Waals surface area contributed by atoms with E-state index in [4.69, 9.17) is 0 Å². The highest BCUT2D eigenvalue weighted by molar-refractivity contribution is 6.10. The number of fused-ring (bicyclic) bond motifs is 3. The summed E-state index contributed by atoms with van der Waals surface area (Å²) >= 11 is 0. The monoisotopic (exact) mass is 626 g/mol. The molecule has 0 saturated heterocycles. The van der Waals surface area contributed by atoms with Gasteiger partial charge in [0.05, 0.1) is 40.0 Å². The van der Waals surface area contributed by atoms with E-state index < -0.39 is 0 Å². The zero-order chi connectivity index (χ0) is 33.3. The number of para-hydroxylation sites is 3. The summed E-state index contributed by atoms with van der Waals surface area (Å²) in [5.74, 6) is 0. The molecule has 0 fully saturated rings. The Bertz CT molecular complexity index is 2610. The zero-order valence-electron chi connectivity index (χ0n) is 26.9. The first-order chi connectivity index (χ1) is 24.1. The van der Waals surface area contributed by atoms with Crippen molar-refractivity contribution in [2.24, 2.45) is 0 Å². The van der Waals surface area contributed by atoms with Gasteiger partial charge in [-0.15, -0.1) is 0 Å². The van der Waals surface area contributed by atoms with Gasteiger partial charge in [0.25, 0.3) is 0 Å². The molecule has 0 aliphatic carbocycles. The lowest BCUT2D eigenvalue weighted by atomic mass is 9.89. The van der Waals surface area contributed by atoms with Crippen LogP contribution in [0.4, 0.5) is 11.4 Å². The molecule has 1 heterocycles. The van der Waals surface area contributed by atoms with E-state index in [0.717, 1.165) is 66.7 Å². The van der Waals surface area contributed by atoms with E-state index in [2.05, 4.69) is 126 Å². The largest absolute Gasteiger partial charge is 0.355 e. The highest BCUT2D eigenvalue weighted by Gasteiger charge is 2.20. The summed E-state index contributed by atoms with van der Waals surface area (Å²) in [6.45, 7) is 2.14. The normalized spacial score (nSPS) is 10.9. The van der Waals surface area contributed by atoms with Crippen molar-refractivity contribution < 1.29 is 0 Å². The second-order valence-electron chi connectivity index (χ2n) is 12.1. The minimum absolute atomic E-state index is 0.595. The van der Waals surface area contributed by atoms with E-state index in [0.29, 0.717) is 11.1 Å². The van der Waals surface area contributed by atoms with Crippen LogP contribution in [0, 0.1) is 29.6 Å². The summed E-state index contributed by atoms with van der Waals surface area (Å²) in [5, 5.41) is 26.0. The predicted octanol–water partition coefficient (Wildman–Crippen LogP) is 11.6. The quantitative estimate of drug-likeness (QED) is 0.200. The molecule has 0 saturated carbocycles. The number of rotatable bonds is 6. The van der Waals surface area contributed by atoms with Gasteiger partial charge in [-0.3, -0.25) is 0 Å². The molecule has 0 aliphatic rings. The van der Waals surface area contributed by atoms with Crippen molar-refractivity contribution in [3.05, 3.63) is 174 Å². The van der Waals surface area contributed by atoms with Crippen molar-refractivity contribution in [1.29, 1.82) is 10.5 Å². The zero-order valence-corrected chi connectivity index (χ0v) is 26.9. The lowest BCUT2D eigenvalue weighted by Gasteiger charge is -2.18. The molecule has 7 aromatic carbocycles. The van der Waals surface area contributed by atoms with Crippen molar-refractivity contribution in [3.63, 3.8) is 0 Å². The molecule has 0 amide bonds. The van der Waals surface area contributed by atoms with Crippen LogP contribution in [0.25, 0.3) is 60.9 Å². The van der Waals surface area contributed by atoms with Gasteiger partial charge < -0.3 is 9.88 Å². The molecule has 0 bridgehead atoms. The van der Waals surface area contributed by atoms with E-state index in [1.165, 1.54) is 11.1 Å². The maximum atomic E-state index is 10.4. The Morgan fingerprint density at radius 3 is 2.00 bits per heavy atom. The molecule has 8 rings (SSSR count). The summed E-state index contributed by atoms with van der Waals surface area (Å²) in [4.78, 5) is 0. The Labute approximate surface area is 285 Å². The number of nitrogens with zero attached hydrogens (tertiary/aromatic N) is 3. The topological polar surface area (TPSA) is 64.5 Å². The lowest BCUT2D eigenvalue weighted by Crippen LogP contribution is -2.00. The second-order valence-corrected chi connectivity index (χ2v) is 12.1. The number of nitriles is 2. The standard InChI is InChI=1S/C45H30N4/c1-30-11-2-3-13-35(30)37-14-4-7-18-41(37)48-34-24-22-32(23-25-34)36-17-10-12-33(29-47)45(36)40-16-6-9-20-43(40)49-42-19-8-5-15-38(42)39-26-21-31(28-46)27-44(39)49/h2-27,48H,1H3. The number of anilines is 2. The molecule has 4 heteroatoms. The molecule has 8 aromatic rings. The first-order valence-corrected chi connectivity index (χ1v) is 16.2. The fourth-order valence-corrected chi connectivity index (χ4v) is 6.95. The Hall–Kier alpha value is -6.88. The van der Waals surface area contributed by atoms with Crippen molar-refractivity contribution >= 4 is 33.2 Å². The highest BCUT2D eigenvalue weighted by atomic mass is 15.0. The van der Waals surface area contributed by atoms with Gasteiger partial charge in [0.15, 0.2) is 0 Å². The third kappa shape index (κ3) is 5.19. The summed E-state index contributed by atoms with van der Waals surface area (Å²) < 4.78 is 2.22. The van der Waals surface area contributed by atoms with Crippen molar-refractivity contribution in [2.45, 2.75) is 6.92 Å². The van der Waals surface area contributed by atoms with Gasteiger partial charge in [-0.05, 0) is 77.7 Å². The maximum absolute atomic E-state index is 10.4. The number of hydrogen-bond donors (Lipinski definition) is 1. The second kappa shape index (κ2) is 12.4. The Morgan fingerprint density at radius 2 is 1.20 bits per heavy atom. The first kappa shape index (κ1) is 29.5. The maximum Gasteiger partial charge on any atom is 0.0998 e. The van der Waals surface area contributed by atoms with Crippen LogP contribution in [0.15, 0.2) is 158 Å². The van der Waals surface area contributed by atoms with Crippen molar-refractivity contribution in [2.75, 3.05) is 5.32 Å². The Morgan fingerprint density at radius 1 is 0.531 bits per heavy atom. The summed E-state index contributed by atoms with van der Waals surface area (Å²) in [6, 6.07) is 58.3. The Balaban J connectivity index is 1.25. The smallest absolute Gasteiger partial charge is 0.0998 e.